The van der Waals surface area contributed by atoms with E-state index in [0.29, 0.717) is 18.6 Å². The van der Waals surface area contributed by atoms with E-state index in [4.69, 9.17) is 0 Å². The molecule has 6 heteroatoms. The SMILES string of the molecule is CNC(=O)[C@@H](Cc1ccccc1)N(Cc1ccc(F)cc1)C(=O)CCSCc1ccccc1. The number of carbonyl (C=O) groups excluding carboxylic acids is 2. The second-order valence-electron chi connectivity index (χ2n) is 7.76. The van der Waals surface area contributed by atoms with Crippen molar-refractivity contribution in [3.8, 4) is 0 Å². The number of carbonyl (C=O) groups is 2. The van der Waals surface area contributed by atoms with E-state index >= 15 is 0 Å². The molecule has 0 aromatic heterocycles. The van der Waals surface area contributed by atoms with Crippen molar-refractivity contribution in [1.29, 1.82) is 0 Å². The second-order valence-corrected chi connectivity index (χ2v) is 8.86. The van der Waals surface area contributed by atoms with Crippen molar-refractivity contribution >= 4 is 23.6 Å². The Morgan fingerprint density at radius 1 is 0.879 bits per heavy atom. The van der Waals surface area contributed by atoms with E-state index in [1.54, 1.807) is 35.8 Å². The molecule has 0 spiro atoms. The lowest BCUT2D eigenvalue weighted by molar-refractivity contribution is -0.140. The van der Waals surface area contributed by atoms with Gasteiger partial charge in [0, 0.05) is 37.9 Å². The molecule has 2 amide bonds. The van der Waals surface area contributed by atoms with Crippen molar-refractivity contribution in [1.82, 2.24) is 10.2 Å². The Hall–Kier alpha value is -3.12. The van der Waals surface area contributed by atoms with Crippen molar-refractivity contribution in [2.45, 2.75) is 31.2 Å². The molecule has 1 N–H and O–H groups in total. The summed E-state index contributed by atoms with van der Waals surface area (Å²) in [6.07, 6.45) is 0.728. The predicted octanol–water partition coefficient (Wildman–Crippen LogP) is 4.84. The van der Waals surface area contributed by atoms with Crippen LogP contribution in [0.5, 0.6) is 0 Å². The smallest absolute Gasteiger partial charge is 0.242 e. The summed E-state index contributed by atoms with van der Waals surface area (Å²) in [6, 6.07) is 25.2. The number of halogens is 1. The fourth-order valence-corrected chi connectivity index (χ4v) is 4.47. The van der Waals surface area contributed by atoms with E-state index in [9.17, 15) is 14.0 Å². The maximum absolute atomic E-state index is 13.4. The quantitative estimate of drug-likeness (QED) is 0.413. The van der Waals surface area contributed by atoms with Gasteiger partial charge in [0.15, 0.2) is 0 Å². The molecular weight excluding hydrogens is 435 g/mol. The van der Waals surface area contributed by atoms with Crippen LogP contribution >= 0.6 is 11.8 Å². The van der Waals surface area contributed by atoms with Gasteiger partial charge in [-0.2, -0.15) is 11.8 Å². The van der Waals surface area contributed by atoms with Gasteiger partial charge in [0.05, 0.1) is 0 Å². The van der Waals surface area contributed by atoms with Gasteiger partial charge in [-0.05, 0) is 28.8 Å². The van der Waals surface area contributed by atoms with Crippen molar-refractivity contribution < 1.29 is 14.0 Å². The summed E-state index contributed by atoms with van der Waals surface area (Å²) in [4.78, 5) is 27.8. The molecule has 3 aromatic rings. The number of nitrogens with zero attached hydrogens (tertiary/aromatic N) is 1. The molecule has 0 radical (unpaired) electrons. The van der Waals surface area contributed by atoms with Gasteiger partial charge >= 0.3 is 0 Å². The molecule has 0 aliphatic rings. The highest BCUT2D eigenvalue weighted by Gasteiger charge is 2.29. The van der Waals surface area contributed by atoms with E-state index in [-0.39, 0.29) is 24.2 Å². The molecule has 0 fully saturated rings. The fraction of sp³-hybridized carbons (Fsp3) is 0.259. The molecule has 0 heterocycles. The monoisotopic (exact) mass is 464 g/mol. The first-order chi connectivity index (χ1) is 16.1. The minimum Gasteiger partial charge on any atom is -0.357 e. The highest BCUT2D eigenvalue weighted by Crippen LogP contribution is 2.18. The number of nitrogens with one attached hydrogen (secondary N) is 1. The highest BCUT2D eigenvalue weighted by atomic mass is 32.2. The van der Waals surface area contributed by atoms with Gasteiger partial charge in [-0.1, -0.05) is 72.8 Å². The number of likely N-dealkylation sites (N-methyl/N-ethyl adjacent to an activating group) is 1. The van der Waals surface area contributed by atoms with E-state index in [1.807, 2.05) is 48.5 Å². The van der Waals surface area contributed by atoms with Crippen LogP contribution < -0.4 is 5.32 Å². The Balaban J connectivity index is 1.74. The maximum atomic E-state index is 13.4. The normalized spacial score (nSPS) is 11.6. The highest BCUT2D eigenvalue weighted by molar-refractivity contribution is 7.98. The molecule has 0 unspecified atom stereocenters. The molecule has 0 saturated heterocycles. The summed E-state index contributed by atoms with van der Waals surface area (Å²) in [6.45, 7) is 0.243. The summed E-state index contributed by atoms with van der Waals surface area (Å²) >= 11 is 1.69. The number of benzene rings is 3. The van der Waals surface area contributed by atoms with Crippen LogP contribution in [0.15, 0.2) is 84.9 Å². The largest absolute Gasteiger partial charge is 0.357 e. The molecule has 172 valence electrons. The molecular formula is C27H29FN2O2S. The minimum absolute atomic E-state index is 0.0931. The zero-order chi connectivity index (χ0) is 23.5. The Kier molecular flexibility index (Phi) is 9.51. The third-order valence-corrected chi connectivity index (χ3v) is 6.39. The van der Waals surface area contributed by atoms with E-state index < -0.39 is 6.04 Å². The molecule has 4 nitrogen and oxygen atoms in total. The summed E-state index contributed by atoms with van der Waals surface area (Å²) in [5.41, 5.74) is 2.97. The first kappa shape index (κ1) is 24.5. The number of amides is 2. The van der Waals surface area contributed by atoms with Crippen molar-refractivity contribution in [2.75, 3.05) is 12.8 Å². The Morgan fingerprint density at radius 2 is 1.48 bits per heavy atom. The summed E-state index contributed by atoms with van der Waals surface area (Å²) in [5.74, 6) is 0.839. The zero-order valence-corrected chi connectivity index (χ0v) is 19.6. The molecule has 1 atom stereocenters. The van der Waals surface area contributed by atoms with Crippen LogP contribution in [-0.4, -0.2) is 35.6 Å². The first-order valence-corrected chi connectivity index (χ1v) is 12.1. The molecule has 0 bridgehead atoms. The van der Waals surface area contributed by atoms with Crippen LogP contribution in [0.2, 0.25) is 0 Å². The standard InChI is InChI=1S/C27H29FN2O2S/c1-29-27(32)25(18-21-8-4-2-5-9-21)30(19-22-12-14-24(28)15-13-22)26(31)16-17-33-20-23-10-6-3-7-11-23/h2-15,25H,16-20H2,1H3,(H,29,32)/t25-/m1/s1. The van der Waals surface area contributed by atoms with Gasteiger partial charge in [0.1, 0.15) is 11.9 Å². The zero-order valence-electron chi connectivity index (χ0n) is 18.7. The van der Waals surface area contributed by atoms with Crippen LogP contribution in [0.1, 0.15) is 23.1 Å². The Bertz CT molecular complexity index is 1010. The van der Waals surface area contributed by atoms with E-state index in [1.165, 1.54) is 17.7 Å². The third-order valence-electron chi connectivity index (χ3n) is 5.36. The lowest BCUT2D eigenvalue weighted by Crippen LogP contribution is -2.49. The van der Waals surface area contributed by atoms with Gasteiger partial charge in [-0.25, -0.2) is 4.39 Å². The van der Waals surface area contributed by atoms with Gasteiger partial charge in [-0.3, -0.25) is 9.59 Å². The van der Waals surface area contributed by atoms with Crippen LogP contribution in [0.4, 0.5) is 4.39 Å². The fourth-order valence-electron chi connectivity index (χ4n) is 3.57. The van der Waals surface area contributed by atoms with Gasteiger partial charge in [0.2, 0.25) is 11.8 Å². The van der Waals surface area contributed by atoms with Crippen LogP contribution in [0.3, 0.4) is 0 Å². The third kappa shape index (κ3) is 7.75. The van der Waals surface area contributed by atoms with Crippen LogP contribution in [0.25, 0.3) is 0 Å². The molecule has 3 aromatic carbocycles. The summed E-state index contributed by atoms with van der Waals surface area (Å²) in [5, 5.41) is 2.71. The van der Waals surface area contributed by atoms with Gasteiger partial charge in [0.25, 0.3) is 0 Å². The molecule has 0 saturated carbocycles. The number of thioether (sulfide) groups is 1. The summed E-state index contributed by atoms with van der Waals surface area (Å²) in [7, 11) is 1.58. The van der Waals surface area contributed by atoms with Gasteiger partial charge in [-0.15, -0.1) is 0 Å². The molecule has 0 aliphatic heterocycles. The lowest BCUT2D eigenvalue weighted by Gasteiger charge is -2.31. The topological polar surface area (TPSA) is 49.4 Å². The maximum Gasteiger partial charge on any atom is 0.242 e. The number of hydrogen-bond donors (Lipinski definition) is 1. The van der Waals surface area contributed by atoms with Crippen LogP contribution in [-0.2, 0) is 28.3 Å². The molecule has 3 rings (SSSR count). The van der Waals surface area contributed by atoms with Crippen molar-refractivity contribution in [3.63, 3.8) is 0 Å². The van der Waals surface area contributed by atoms with Crippen molar-refractivity contribution in [2.24, 2.45) is 0 Å². The van der Waals surface area contributed by atoms with E-state index in [0.717, 1.165) is 16.9 Å². The van der Waals surface area contributed by atoms with E-state index in [2.05, 4.69) is 17.4 Å². The summed E-state index contributed by atoms with van der Waals surface area (Å²) < 4.78 is 13.4. The Morgan fingerprint density at radius 3 is 2.09 bits per heavy atom. The number of hydrogen-bond acceptors (Lipinski definition) is 3. The first-order valence-electron chi connectivity index (χ1n) is 11.0. The van der Waals surface area contributed by atoms with Gasteiger partial charge < -0.3 is 10.2 Å². The Labute approximate surface area is 199 Å². The van der Waals surface area contributed by atoms with Crippen molar-refractivity contribution in [3.05, 3.63) is 107 Å². The van der Waals surface area contributed by atoms with Crippen LogP contribution in [0, 0.1) is 5.82 Å². The predicted molar refractivity (Wildman–Crippen MR) is 132 cm³/mol. The molecule has 0 aliphatic carbocycles. The average molecular weight is 465 g/mol. The average Bonchev–Trinajstić information content (AvgIpc) is 2.86. The molecule has 33 heavy (non-hydrogen) atoms. The number of rotatable bonds is 11. The minimum atomic E-state index is -0.658. The lowest BCUT2D eigenvalue weighted by atomic mass is 10.0. The second kappa shape index (κ2) is 12.8.